The molecule has 1 heterocycles. The zero-order chi connectivity index (χ0) is 18.5. The first kappa shape index (κ1) is 17.4. The molecule has 0 aliphatic heterocycles. The maximum absolute atomic E-state index is 13.7. The summed E-state index contributed by atoms with van der Waals surface area (Å²) in [5.41, 5.74) is 0.615. The van der Waals surface area contributed by atoms with Crippen molar-refractivity contribution in [2.45, 2.75) is 6.54 Å². The Morgan fingerprint density at radius 3 is 2.50 bits per heavy atom. The quantitative estimate of drug-likeness (QED) is 0.685. The number of halogens is 3. The van der Waals surface area contributed by atoms with Crippen LogP contribution < -0.4 is 10.6 Å². The van der Waals surface area contributed by atoms with Crippen molar-refractivity contribution in [1.82, 2.24) is 15.3 Å². The van der Waals surface area contributed by atoms with Crippen molar-refractivity contribution >= 4 is 17.5 Å². The second kappa shape index (κ2) is 7.64. The van der Waals surface area contributed by atoms with Crippen LogP contribution in [0.5, 0.6) is 0 Å². The van der Waals surface area contributed by atoms with Crippen LogP contribution in [-0.4, -0.2) is 15.9 Å². The summed E-state index contributed by atoms with van der Waals surface area (Å²) in [5.74, 6) is -4.88. The van der Waals surface area contributed by atoms with Gasteiger partial charge in [-0.25, -0.2) is 23.1 Å². The average molecular weight is 358 g/mol. The molecule has 0 aliphatic carbocycles. The van der Waals surface area contributed by atoms with E-state index in [1.54, 1.807) is 0 Å². The Morgan fingerprint density at radius 1 is 0.962 bits per heavy atom. The Bertz CT molecular complexity index is 935. The van der Waals surface area contributed by atoms with Crippen LogP contribution in [0.4, 0.5) is 24.8 Å². The van der Waals surface area contributed by atoms with E-state index in [9.17, 15) is 18.0 Å². The fourth-order valence-corrected chi connectivity index (χ4v) is 2.16. The van der Waals surface area contributed by atoms with Crippen LogP contribution in [0.25, 0.3) is 0 Å². The highest BCUT2D eigenvalue weighted by Gasteiger charge is 2.15. The van der Waals surface area contributed by atoms with Gasteiger partial charge in [-0.15, -0.1) is 0 Å². The van der Waals surface area contributed by atoms with Crippen molar-refractivity contribution < 1.29 is 18.0 Å². The van der Waals surface area contributed by atoms with Crippen molar-refractivity contribution in [2.75, 3.05) is 5.32 Å². The fraction of sp³-hybridized carbons (Fsp3) is 0.0556. The molecule has 1 aromatic heterocycles. The van der Waals surface area contributed by atoms with Crippen LogP contribution >= 0.6 is 0 Å². The van der Waals surface area contributed by atoms with E-state index >= 15 is 0 Å². The molecular formula is C18H13F3N4O. The van der Waals surface area contributed by atoms with Crippen molar-refractivity contribution in [3.8, 4) is 0 Å². The summed E-state index contributed by atoms with van der Waals surface area (Å²) < 4.78 is 39.9. The van der Waals surface area contributed by atoms with Gasteiger partial charge in [0, 0.05) is 12.7 Å². The molecule has 0 saturated carbocycles. The topological polar surface area (TPSA) is 66.9 Å². The molecule has 0 spiro atoms. The van der Waals surface area contributed by atoms with E-state index in [0.29, 0.717) is 6.54 Å². The zero-order valence-corrected chi connectivity index (χ0v) is 13.3. The minimum Gasteiger partial charge on any atom is -0.347 e. The highest BCUT2D eigenvalue weighted by Crippen LogP contribution is 2.21. The monoisotopic (exact) mass is 358 g/mol. The Morgan fingerprint density at radius 2 is 1.73 bits per heavy atom. The molecule has 2 N–H and O–H groups in total. The van der Waals surface area contributed by atoms with Gasteiger partial charge < -0.3 is 10.6 Å². The summed E-state index contributed by atoms with van der Waals surface area (Å²) >= 11 is 0. The van der Waals surface area contributed by atoms with E-state index in [1.807, 2.05) is 30.3 Å². The second-order valence-corrected chi connectivity index (χ2v) is 5.28. The number of aromatic nitrogens is 2. The highest BCUT2D eigenvalue weighted by atomic mass is 19.2. The molecule has 5 nitrogen and oxygen atoms in total. The predicted octanol–water partition coefficient (Wildman–Crippen LogP) is 3.57. The van der Waals surface area contributed by atoms with Crippen LogP contribution in [0, 0.1) is 17.5 Å². The first-order chi connectivity index (χ1) is 12.5. The van der Waals surface area contributed by atoms with Crippen LogP contribution in [0.1, 0.15) is 16.1 Å². The maximum Gasteiger partial charge on any atom is 0.270 e. The first-order valence-corrected chi connectivity index (χ1v) is 7.60. The predicted molar refractivity (Wildman–Crippen MR) is 89.2 cm³/mol. The van der Waals surface area contributed by atoms with Gasteiger partial charge in [0.25, 0.3) is 5.91 Å². The summed E-state index contributed by atoms with van der Waals surface area (Å²) in [6.45, 7) is 0.310. The third-order valence-corrected chi connectivity index (χ3v) is 3.47. The first-order valence-electron chi connectivity index (χ1n) is 7.60. The summed E-state index contributed by atoms with van der Waals surface area (Å²) in [4.78, 5) is 20.0. The van der Waals surface area contributed by atoms with E-state index in [0.717, 1.165) is 17.7 Å². The highest BCUT2D eigenvalue weighted by molar-refractivity contribution is 5.92. The van der Waals surface area contributed by atoms with Crippen molar-refractivity contribution in [3.05, 3.63) is 83.4 Å². The van der Waals surface area contributed by atoms with E-state index in [1.165, 1.54) is 12.3 Å². The second-order valence-electron chi connectivity index (χ2n) is 5.28. The van der Waals surface area contributed by atoms with Gasteiger partial charge in [0.05, 0.1) is 5.69 Å². The van der Waals surface area contributed by atoms with Crippen molar-refractivity contribution in [3.63, 3.8) is 0 Å². The third-order valence-electron chi connectivity index (χ3n) is 3.47. The molecule has 0 unspecified atom stereocenters. The Labute approximate surface area is 146 Å². The normalized spacial score (nSPS) is 10.4. The Balaban J connectivity index is 1.72. The van der Waals surface area contributed by atoms with Crippen molar-refractivity contribution in [1.29, 1.82) is 0 Å². The smallest absolute Gasteiger partial charge is 0.270 e. The SMILES string of the molecule is O=C(NCc1ccccc1)c1ccnc(Nc2ccc(F)c(F)c2F)n1. The van der Waals surface area contributed by atoms with E-state index in [4.69, 9.17) is 0 Å². The summed E-state index contributed by atoms with van der Waals surface area (Å²) in [6, 6.07) is 12.5. The number of amides is 1. The molecule has 0 atom stereocenters. The Hall–Kier alpha value is -3.42. The van der Waals surface area contributed by atoms with Gasteiger partial charge in [0.15, 0.2) is 17.5 Å². The van der Waals surface area contributed by atoms with Gasteiger partial charge in [-0.05, 0) is 23.8 Å². The number of anilines is 2. The number of benzene rings is 2. The van der Waals surface area contributed by atoms with Crippen molar-refractivity contribution in [2.24, 2.45) is 0 Å². The number of nitrogens with zero attached hydrogens (tertiary/aromatic N) is 2. The molecule has 0 bridgehead atoms. The van der Waals surface area contributed by atoms with Gasteiger partial charge in [-0.1, -0.05) is 30.3 Å². The molecule has 0 aliphatic rings. The minimum absolute atomic E-state index is 0.0430. The summed E-state index contributed by atoms with van der Waals surface area (Å²) in [7, 11) is 0. The van der Waals surface area contributed by atoms with Gasteiger partial charge in [0.2, 0.25) is 5.95 Å². The molecule has 3 aromatic rings. The van der Waals surface area contributed by atoms with Crippen LogP contribution in [0.3, 0.4) is 0 Å². The van der Waals surface area contributed by atoms with Crippen LogP contribution in [0.15, 0.2) is 54.7 Å². The number of hydrogen-bond donors (Lipinski definition) is 2. The number of hydrogen-bond acceptors (Lipinski definition) is 4. The lowest BCUT2D eigenvalue weighted by Gasteiger charge is -2.09. The van der Waals surface area contributed by atoms with Gasteiger partial charge in [-0.3, -0.25) is 4.79 Å². The van der Waals surface area contributed by atoms with Crippen LogP contribution in [-0.2, 0) is 6.54 Å². The standard InChI is InChI=1S/C18H13F3N4O/c19-12-6-7-13(16(21)15(12)20)24-18-22-9-8-14(25-18)17(26)23-10-11-4-2-1-3-5-11/h1-9H,10H2,(H,23,26)(H,22,24,25). The van der Waals surface area contributed by atoms with Gasteiger partial charge >= 0.3 is 0 Å². The van der Waals surface area contributed by atoms with Gasteiger partial charge in [0.1, 0.15) is 5.69 Å². The molecule has 2 aromatic carbocycles. The minimum atomic E-state index is -1.60. The lowest BCUT2D eigenvalue weighted by molar-refractivity contribution is 0.0946. The third kappa shape index (κ3) is 3.97. The van der Waals surface area contributed by atoms with E-state index in [2.05, 4.69) is 20.6 Å². The molecule has 0 radical (unpaired) electrons. The number of nitrogens with one attached hydrogen (secondary N) is 2. The maximum atomic E-state index is 13.7. The molecule has 8 heteroatoms. The lowest BCUT2D eigenvalue weighted by atomic mass is 10.2. The number of carbonyl (C=O) groups is 1. The number of rotatable bonds is 5. The van der Waals surface area contributed by atoms with E-state index < -0.39 is 23.4 Å². The zero-order valence-electron chi connectivity index (χ0n) is 13.3. The molecular weight excluding hydrogens is 345 g/mol. The molecule has 3 rings (SSSR count). The Kier molecular flexibility index (Phi) is 5.12. The molecule has 132 valence electrons. The van der Waals surface area contributed by atoms with Gasteiger partial charge in [-0.2, -0.15) is 0 Å². The number of carbonyl (C=O) groups excluding carboxylic acids is 1. The average Bonchev–Trinajstić information content (AvgIpc) is 2.67. The molecule has 0 saturated heterocycles. The fourth-order valence-electron chi connectivity index (χ4n) is 2.16. The lowest BCUT2D eigenvalue weighted by Crippen LogP contribution is -2.24. The largest absolute Gasteiger partial charge is 0.347 e. The summed E-state index contributed by atoms with van der Waals surface area (Å²) in [6.07, 6.45) is 1.30. The van der Waals surface area contributed by atoms with E-state index in [-0.39, 0.29) is 17.3 Å². The summed E-state index contributed by atoms with van der Waals surface area (Å²) in [5, 5.41) is 5.12. The van der Waals surface area contributed by atoms with Crippen LogP contribution in [0.2, 0.25) is 0 Å². The molecule has 1 amide bonds. The molecule has 26 heavy (non-hydrogen) atoms. The molecule has 0 fully saturated rings.